The highest BCUT2D eigenvalue weighted by molar-refractivity contribution is 7.89. The van der Waals surface area contributed by atoms with Gasteiger partial charge >= 0.3 is 0 Å². The fourth-order valence-corrected chi connectivity index (χ4v) is 5.97. The molecule has 1 aliphatic heterocycles. The molecule has 31 heavy (non-hydrogen) atoms. The largest absolute Gasteiger partial charge is 0.493 e. The van der Waals surface area contributed by atoms with Crippen LogP contribution < -0.4 is 15.0 Å². The number of pyridine rings is 1. The van der Waals surface area contributed by atoms with Gasteiger partial charge in [0.15, 0.2) is 11.5 Å². The zero-order valence-electron chi connectivity index (χ0n) is 17.3. The number of rotatable bonds is 7. The van der Waals surface area contributed by atoms with Crippen LogP contribution in [0.3, 0.4) is 0 Å². The second kappa shape index (κ2) is 8.81. The quantitative estimate of drug-likeness (QED) is 0.537. The van der Waals surface area contributed by atoms with Gasteiger partial charge in [-0.15, -0.1) is 11.3 Å². The van der Waals surface area contributed by atoms with Crippen molar-refractivity contribution >= 4 is 21.4 Å². The Kier molecular flexibility index (Phi) is 6.12. The first-order valence-corrected chi connectivity index (χ1v) is 12.1. The molecule has 0 radical (unpaired) electrons. The summed E-state index contributed by atoms with van der Waals surface area (Å²) in [5, 5.41) is 2.57. The summed E-state index contributed by atoms with van der Waals surface area (Å²) < 4.78 is 39.4. The molecule has 3 aromatic rings. The van der Waals surface area contributed by atoms with E-state index in [2.05, 4.69) is 4.98 Å². The van der Waals surface area contributed by atoms with Crippen LogP contribution in [0.4, 0.5) is 0 Å². The van der Waals surface area contributed by atoms with Gasteiger partial charge in [0.05, 0.1) is 36.9 Å². The van der Waals surface area contributed by atoms with E-state index in [-0.39, 0.29) is 17.0 Å². The van der Waals surface area contributed by atoms with Crippen LogP contribution in [0.1, 0.15) is 18.5 Å². The summed E-state index contributed by atoms with van der Waals surface area (Å²) in [6.07, 6.45) is 3.11. The van der Waals surface area contributed by atoms with Gasteiger partial charge in [-0.1, -0.05) is 6.07 Å². The fraction of sp³-hybridized carbons (Fsp3) is 0.333. The summed E-state index contributed by atoms with van der Waals surface area (Å²) in [7, 11) is -0.454. The van der Waals surface area contributed by atoms with Crippen LogP contribution in [-0.4, -0.2) is 49.6 Å². The maximum atomic E-state index is 12.8. The molecule has 1 aliphatic rings. The second-order valence-electron chi connectivity index (χ2n) is 7.13. The number of hydrogen-bond acceptors (Lipinski definition) is 7. The average molecular weight is 462 g/mol. The molecule has 164 valence electrons. The van der Waals surface area contributed by atoms with Crippen LogP contribution in [-0.2, 0) is 16.6 Å². The Labute approximate surface area is 184 Å². The summed E-state index contributed by atoms with van der Waals surface area (Å²) in [6, 6.07) is 8.22. The molecule has 0 N–H and O–H groups in total. The second-order valence-corrected chi connectivity index (χ2v) is 9.92. The van der Waals surface area contributed by atoms with E-state index in [1.807, 2.05) is 23.6 Å². The molecule has 2 aromatic heterocycles. The molecule has 1 saturated heterocycles. The monoisotopic (exact) mass is 461 g/mol. The molecule has 3 heterocycles. The third-order valence-electron chi connectivity index (χ3n) is 5.18. The number of hydrogen-bond donors (Lipinski definition) is 0. The molecule has 1 fully saturated rings. The lowest BCUT2D eigenvalue weighted by molar-refractivity contribution is 0.356. The van der Waals surface area contributed by atoms with E-state index in [4.69, 9.17) is 9.47 Å². The van der Waals surface area contributed by atoms with Gasteiger partial charge in [0.1, 0.15) is 5.01 Å². The van der Waals surface area contributed by atoms with Crippen molar-refractivity contribution in [2.24, 2.45) is 0 Å². The molecule has 0 saturated carbocycles. The Morgan fingerprint density at radius 2 is 1.87 bits per heavy atom. The summed E-state index contributed by atoms with van der Waals surface area (Å²) >= 11 is 1.42. The van der Waals surface area contributed by atoms with Crippen molar-refractivity contribution in [1.82, 2.24) is 13.9 Å². The van der Waals surface area contributed by atoms with Crippen LogP contribution in [0.15, 0.2) is 51.6 Å². The van der Waals surface area contributed by atoms with Crippen LogP contribution in [0, 0.1) is 0 Å². The molecule has 0 bridgehead atoms. The summed E-state index contributed by atoms with van der Waals surface area (Å²) in [6.45, 7) is 1.20. The molecular weight excluding hydrogens is 438 g/mol. The van der Waals surface area contributed by atoms with Crippen LogP contribution >= 0.6 is 11.3 Å². The predicted molar refractivity (Wildman–Crippen MR) is 118 cm³/mol. The average Bonchev–Trinajstić information content (AvgIpc) is 3.47. The number of sulfonamides is 1. The number of aromatic nitrogens is 2. The third-order valence-corrected chi connectivity index (χ3v) is 7.98. The third kappa shape index (κ3) is 4.23. The predicted octanol–water partition coefficient (Wildman–Crippen LogP) is 2.82. The molecular formula is C21H23N3O5S2. The summed E-state index contributed by atoms with van der Waals surface area (Å²) in [5.74, 6) is 1.19. The van der Waals surface area contributed by atoms with Gasteiger partial charge in [0, 0.05) is 30.7 Å². The Morgan fingerprint density at radius 3 is 2.58 bits per heavy atom. The van der Waals surface area contributed by atoms with Gasteiger partial charge in [0.25, 0.3) is 5.56 Å². The van der Waals surface area contributed by atoms with Crippen molar-refractivity contribution in [3.8, 4) is 22.1 Å². The standard InChI is InChI=1S/C21H23N3O5S2/c1-28-18-7-5-6-17(20(18)29-2)21-22-15(14-30-21)12-23-13-16(8-9-19(23)25)31(26,27)24-10-3-4-11-24/h5-9,13-14H,3-4,10-12H2,1-2H3. The highest BCUT2D eigenvalue weighted by atomic mass is 32.2. The van der Waals surface area contributed by atoms with Crippen molar-refractivity contribution in [2.45, 2.75) is 24.3 Å². The fourth-order valence-electron chi connectivity index (χ4n) is 3.60. The first-order chi connectivity index (χ1) is 14.9. The van der Waals surface area contributed by atoms with E-state index in [1.165, 1.54) is 38.5 Å². The summed E-state index contributed by atoms with van der Waals surface area (Å²) in [4.78, 5) is 17.1. The minimum atomic E-state index is -3.60. The first-order valence-electron chi connectivity index (χ1n) is 9.80. The van der Waals surface area contributed by atoms with Gasteiger partial charge in [-0.2, -0.15) is 4.31 Å². The van der Waals surface area contributed by atoms with E-state index in [0.717, 1.165) is 23.4 Å². The molecule has 8 nitrogen and oxygen atoms in total. The van der Waals surface area contributed by atoms with E-state index in [0.29, 0.717) is 30.3 Å². The minimum absolute atomic E-state index is 0.124. The number of ether oxygens (including phenoxy) is 2. The van der Waals surface area contributed by atoms with Gasteiger partial charge in [0.2, 0.25) is 10.0 Å². The van der Waals surface area contributed by atoms with Crippen LogP contribution in [0.5, 0.6) is 11.5 Å². The van der Waals surface area contributed by atoms with Crippen molar-refractivity contribution in [3.63, 3.8) is 0 Å². The molecule has 0 atom stereocenters. The molecule has 4 rings (SSSR count). The SMILES string of the molecule is COc1cccc(-c2nc(Cn3cc(S(=O)(=O)N4CCCC4)ccc3=O)cs2)c1OC. The Hall–Kier alpha value is -2.69. The van der Waals surface area contributed by atoms with E-state index >= 15 is 0 Å². The normalized spacial score (nSPS) is 14.6. The molecule has 0 amide bonds. The number of benzene rings is 1. The maximum Gasteiger partial charge on any atom is 0.250 e. The van der Waals surface area contributed by atoms with Gasteiger partial charge in [-0.3, -0.25) is 4.79 Å². The Balaban J connectivity index is 1.63. The topological polar surface area (TPSA) is 90.7 Å². The molecule has 0 unspecified atom stereocenters. The van der Waals surface area contributed by atoms with E-state index in [9.17, 15) is 13.2 Å². The van der Waals surface area contributed by atoms with Gasteiger partial charge in [-0.05, 0) is 31.0 Å². The lowest BCUT2D eigenvalue weighted by atomic mass is 10.2. The number of para-hydroxylation sites is 1. The van der Waals surface area contributed by atoms with E-state index < -0.39 is 10.0 Å². The number of methoxy groups -OCH3 is 2. The lowest BCUT2D eigenvalue weighted by Crippen LogP contribution is -2.29. The van der Waals surface area contributed by atoms with Crippen molar-refractivity contribution < 1.29 is 17.9 Å². The van der Waals surface area contributed by atoms with Gasteiger partial charge < -0.3 is 14.0 Å². The lowest BCUT2D eigenvalue weighted by Gasteiger charge is -2.16. The highest BCUT2D eigenvalue weighted by Crippen LogP contribution is 2.39. The number of thiazole rings is 1. The Bertz CT molecular complexity index is 1240. The van der Waals surface area contributed by atoms with E-state index in [1.54, 1.807) is 14.2 Å². The zero-order valence-corrected chi connectivity index (χ0v) is 18.9. The smallest absolute Gasteiger partial charge is 0.250 e. The van der Waals surface area contributed by atoms with Crippen molar-refractivity contribution in [2.75, 3.05) is 27.3 Å². The molecule has 1 aromatic carbocycles. The van der Waals surface area contributed by atoms with Crippen molar-refractivity contribution in [1.29, 1.82) is 0 Å². The molecule has 0 aliphatic carbocycles. The van der Waals surface area contributed by atoms with Crippen molar-refractivity contribution in [3.05, 3.63) is 58.0 Å². The highest BCUT2D eigenvalue weighted by Gasteiger charge is 2.27. The van der Waals surface area contributed by atoms with Crippen LogP contribution in [0.25, 0.3) is 10.6 Å². The van der Waals surface area contributed by atoms with Gasteiger partial charge in [-0.25, -0.2) is 13.4 Å². The first kappa shape index (κ1) is 21.5. The van der Waals surface area contributed by atoms with Crippen LogP contribution in [0.2, 0.25) is 0 Å². The zero-order chi connectivity index (χ0) is 22.0. The molecule has 0 spiro atoms. The maximum absolute atomic E-state index is 12.8. The number of nitrogens with zero attached hydrogens (tertiary/aromatic N) is 3. The minimum Gasteiger partial charge on any atom is -0.493 e. The summed E-state index contributed by atoms with van der Waals surface area (Å²) in [5.41, 5.74) is 1.16. The molecule has 10 heteroatoms. The Morgan fingerprint density at radius 1 is 1.10 bits per heavy atom.